The van der Waals surface area contributed by atoms with Crippen LogP contribution >= 0.6 is 0 Å². The second-order valence-corrected chi connectivity index (χ2v) is 3.92. The van der Waals surface area contributed by atoms with Gasteiger partial charge in [0.05, 0.1) is 18.1 Å². The molecule has 4 heteroatoms. The molecule has 90 valence electrons. The predicted octanol–water partition coefficient (Wildman–Crippen LogP) is 2.10. The van der Waals surface area contributed by atoms with Crippen LogP contribution < -0.4 is 5.32 Å². The second-order valence-electron chi connectivity index (χ2n) is 3.92. The highest BCUT2D eigenvalue weighted by Crippen LogP contribution is 2.17. The van der Waals surface area contributed by atoms with Crippen LogP contribution in [0, 0.1) is 11.3 Å². The fraction of sp³-hybridized carbons (Fsp3) is 0.385. The molecule has 17 heavy (non-hydrogen) atoms. The topological polar surface area (TPSA) is 56.1 Å². The Bertz CT molecular complexity index is 437. The fourth-order valence-corrected chi connectivity index (χ4v) is 1.55. The molecule has 0 saturated heterocycles. The monoisotopic (exact) mass is 231 g/mol. The molecular weight excluding hydrogens is 214 g/mol. The van der Waals surface area contributed by atoms with Crippen molar-refractivity contribution in [2.75, 3.05) is 19.4 Å². The minimum absolute atomic E-state index is 0.0716. The van der Waals surface area contributed by atoms with Gasteiger partial charge in [0.2, 0.25) is 0 Å². The molecule has 0 radical (unpaired) electrons. The first kappa shape index (κ1) is 13.0. The number of nitriles is 1. The molecular formula is C13H17N3O. The number of benzene rings is 1. The minimum atomic E-state index is -0.0857. The second kappa shape index (κ2) is 5.90. The van der Waals surface area contributed by atoms with Crippen molar-refractivity contribution in [1.82, 2.24) is 4.90 Å². The molecule has 0 heterocycles. The van der Waals surface area contributed by atoms with E-state index in [2.05, 4.69) is 11.4 Å². The van der Waals surface area contributed by atoms with Crippen molar-refractivity contribution in [2.24, 2.45) is 0 Å². The van der Waals surface area contributed by atoms with Crippen LogP contribution in [-0.2, 0) is 0 Å². The van der Waals surface area contributed by atoms with Gasteiger partial charge in [-0.3, -0.25) is 4.79 Å². The van der Waals surface area contributed by atoms with Gasteiger partial charge in [-0.15, -0.1) is 0 Å². The highest BCUT2D eigenvalue weighted by atomic mass is 16.2. The molecule has 0 aliphatic rings. The van der Waals surface area contributed by atoms with Crippen LogP contribution in [-0.4, -0.2) is 30.9 Å². The quantitative estimate of drug-likeness (QED) is 0.863. The SMILES string of the molecule is CNc1ccccc1C(=O)N(C)C(C)CC#N. The van der Waals surface area contributed by atoms with Gasteiger partial charge in [0.25, 0.3) is 5.91 Å². The summed E-state index contributed by atoms with van der Waals surface area (Å²) in [6, 6.07) is 9.33. The average molecular weight is 231 g/mol. The number of nitrogens with zero attached hydrogens (tertiary/aromatic N) is 2. The van der Waals surface area contributed by atoms with Crippen molar-refractivity contribution in [3.63, 3.8) is 0 Å². The fourth-order valence-electron chi connectivity index (χ4n) is 1.55. The predicted molar refractivity (Wildman–Crippen MR) is 67.8 cm³/mol. The smallest absolute Gasteiger partial charge is 0.255 e. The first-order valence-corrected chi connectivity index (χ1v) is 5.52. The van der Waals surface area contributed by atoms with E-state index in [1.807, 2.05) is 25.1 Å². The van der Waals surface area contributed by atoms with Crippen LogP contribution in [0.15, 0.2) is 24.3 Å². The summed E-state index contributed by atoms with van der Waals surface area (Å²) in [4.78, 5) is 13.8. The molecule has 0 fully saturated rings. The van der Waals surface area contributed by atoms with Gasteiger partial charge in [0.1, 0.15) is 0 Å². The van der Waals surface area contributed by atoms with Gasteiger partial charge in [-0.1, -0.05) is 12.1 Å². The first-order valence-electron chi connectivity index (χ1n) is 5.52. The van der Waals surface area contributed by atoms with E-state index in [4.69, 9.17) is 5.26 Å². The van der Waals surface area contributed by atoms with E-state index in [0.717, 1.165) is 5.69 Å². The highest BCUT2D eigenvalue weighted by molar-refractivity contribution is 5.99. The number of hydrogen-bond donors (Lipinski definition) is 1. The lowest BCUT2D eigenvalue weighted by Crippen LogP contribution is -2.35. The number of anilines is 1. The van der Waals surface area contributed by atoms with Crippen LogP contribution in [0.3, 0.4) is 0 Å². The van der Waals surface area contributed by atoms with Crippen molar-refractivity contribution in [1.29, 1.82) is 5.26 Å². The minimum Gasteiger partial charge on any atom is -0.387 e. The molecule has 1 aromatic carbocycles. The van der Waals surface area contributed by atoms with Crippen LogP contribution in [0.1, 0.15) is 23.7 Å². The first-order chi connectivity index (χ1) is 8.11. The molecule has 1 rings (SSSR count). The number of hydrogen-bond acceptors (Lipinski definition) is 3. The summed E-state index contributed by atoms with van der Waals surface area (Å²) in [5, 5.41) is 11.6. The van der Waals surface area contributed by atoms with Gasteiger partial charge in [0.15, 0.2) is 0 Å². The van der Waals surface area contributed by atoms with Crippen molar-refractivity contribution in [2.45, 2.75) is 19.4 Å². The number of para-hydroxylation sites is 1. The van der Waals surface area contributed by atoms with E-state index in [9.17, 15) is 4.79 Å². The van der Waals surface area contributed by atoms with Crippen LogP contribution in [0.2, 0.25) is 0 Å². The molecule has 4 nitrogen and oxygen atoms in total. The van der Waals surface area contributed by atoms with Crippen LogP contribution in [0.4, 0.5) is 5.69 Å². The summed E-state index contributed by atoms with van der Waals surface area (Å²) in [5.74, 6) is -0.0716. The molecule has 1 amide bonds. The molecule has 1 atom stereocenters. The number of amides is 1. The number of carbonyl (C=O) groups is 1. The molecule has 0 saturated carbocycles. The van der Waals surface area contributed by atoms with Gasteiger partial charge in [0, 0.05) is 25.8 Å². The van der Waals surface area contributed by atoms with Crippen LogP contribution in [0.25, 0.3) is 0 Å². The Morgan fingerprint density at radius 1 is 1.53 bits per heavy atom. The molecule has 0 aliphatic carbocycles. The summed E-state index contributed by atoms with van der Waals surface area (Å²) in [5.41, 5.74) is 1.43. The van der Waals surface area contributed by atoms with E-state index < -0.39 is 0 Å². The van der Waals surface area contributed by atoms with Gasteiger partial charge < -0.3 is 10.2 Å². The lowest BCUT2D eigenvalue weighted by Gasteiger charge is -2.24. The van der Waals surface area contributed by atoms with E-state index in [1.54, 1.807) is 25.1 Å². The molecule has 0 aliphatic heterocycles. The van der Waals surface area contributed by atoms with Crippen molar-refractivity contribution < 1.29 is 4.79 Å². The lowest BCUT2D eigenvalue weighted by atomic mass is 10.1. The Balaban J connectivity index is 2.93. The maximum Gasteiger partial charge on any atom is 0.255 e. The summed E-state index contributed by atoms with van der Waals surface area (Å²) in [6.45, 7) is 1.86. The zero-order valence-electron chi connectivity index (χ0n) is 10.4. The lowest BCUT2D eigenvalue weighted by molar-refractivity contribution is 0.0747. The molecule has 0 spiro atoms. The molecule has 1 aromatic rings. The summed E-state index contributed by atoms with van der Waals surface area (Å²) in [6.07, 6.45) is 0.337. The summed E-state index contributed by atoms with van der Waals surface area (Å²) in [7, 11) is 3.50. The third kappa shape index (κ3) is 2.97. The third-order valence-electron chi connectivity index (χ3n) is 2.80. The normalized spacial score (nSPS) is 11.4. The Labute approximate surface area is 102 Å². The van der Waals surface area contributed by atoms with E-state index >= 15 is 0 Å². The van der Waals surface area contributed by atoms with Crippen molar-refractivity contribution >= 4 is 11.6 Å². The van der Waals surface area contributed by atoms with Gasteiger partial charge >= 0.3 is 0 Å². The molecule has 1 unspecified atom stereocenters. The Morgan fingerprint density at radius 3 is 2.76 bits per heavy atom. The Morgan fingerprint density at radius 2 is 2.18 bits per heavy atom. The van der Waals surface area contributed by atoms with Gasteiger partial charge in [-0.05, 0) is 19.1 Å². The van der Waals surface area contributed by atoms with E-state index in [0.29, 0.717) is 12.0 Å². The van der Waals surface area contributed by atoms with Crippen LogP contribution in [0.5, 0.6) is 0 Å². The summed E-state index contributed by atoms with van der Waals surface area (Å²) >= 11 is 0. The number of nitrogens with one attached hydrogen (secondary N) is 1. The summed E-state index contributed by atoms with van der Waals surface area (Å²) < 4.78 is 0. The maximum absolute atomic E-state index is 12.2. The molecule has 0 bridgehead atoms. The molecule has 0 aromatic heterocycles. The van der Waals surface area contributed by atoms with Crippen molar-refractivity contribution in [3.8, 4) is 6.07 Å². The van der Waals surface area contributed by atoms with Crippen molar-refractivity contribution in [3.05, 3.63) is 29.8 Å². The van der Waals surface area contributed by atoms with E-state index in [-0.39, 0.29) is 11.9 Å². The van der Waals surface area contributed by atoms with Gasteiger partial charge in [-0.25, -0.2) is 0 Å². The Kier molecular flexibility index (Phi) is 4.53. The standard InChI is InChI=1S/C13H17N3O/c1-10(8-9-14)16(3)13(17)11-6-4-5-7-12(11)15-2/h4-7,10,15H,8H2,1-3H3. The number of carbonyl (C=O) groups excluding carboxylic acids is 1. The average Bonchev–Trinajstić information content (AvgIpc) is 2.37. The largest absolute Gasteiger partial charge is 0.387 e. The highest BCUT2D eigenvalue weighted by Gasteiger charge is 2.19. The number of rotatable bonds is 4. The maximum atomic E-state index is 12.2. The van der Waals surface area contributed by atoms with Gasteiger partial charge in [-0.2, -0.15) is 5.26 Å². The Hall–Kier alpha value is -2.02. The third-order valence-corrected chi connectivity index (χ3v) is 2.80. The zero-order chi connectivity index (χ0) is 12.8. The zero-order valence-corrected chi connectivity index (χ0v) is 10.4. The van der Waals surface area contributed by atoms with E-state index in [1.165, 1.54) is 0 Å². The molecule has 1 N–H and O–H groups in total.